The number of quaternary nitrogens is 2. The van der Waals surface area contributed by atoms with Crippen molar-refractivity contribution in [2.75, 3.05) is 70.1 Å². The van der Waals surface area contributed by atoms with Crippen molar-refractivity contribution in [1.82, 2.24) is 34.1 Å². The molecule has 22 nitrogen and oxygen atoms in total. The molecule has 77 heavy (non-hydrogen) atoms. The van der Waals surface area contributed by atoms with E-state index >= 15 is 0 Å². The number of anilines is 2. The van der Waals surface area contributed by atoms with Gasteiger partial charge in [-0.3, -0.25) is 9.13 Å². The lowest BCUT2D eigenvalue weighted by molar-refractivity contribution is -0.894. The number of rotatable bonds is 13. The molecule has 8 rings (SSSR count). The lowest BCUT2D eigenvalue weighted by atomic mass is 10.1. The fourth-order valence-electron chi connectivity index (χ4n) is 9.27. The highest BCUT2D eigenvalue weighted by atomic mass is 32.7. The zero-order valence-electron chi connectivity index (χ0n) is 48.3. The first-order valence-corrected chi connectivity index (χ1v) is 38.2. The van der Waals surface area contributed by atoms with Crippen molar-refractivity contribution in [3.8, 4) is 0 Å². The van der Waals surface area contributed by atoms with Gasteiger partial charge in [0.2, 0.25) is 6.80 Å². The summed E-state index contributed by atoms with van der Waals surface area (Å²) < 4.78 is 70.7. The number of nitrogen functional groups attached to an aromatic ring is 1. The summed E-state index contributed by atoms with van der Waals surface area (Å²) in [6.07, 6.45) is -2.13. The van der Waals surface area contributed by atoms with Crippen LogP contribution in [0.25, 0.3) is 22.2 Å². The molecule has 3 saturated heterocycles. The predicted molar refractivity (Wildman–Crippen MR) is 308 cm³/mol. The van der Waals surface area contributed by atoms with Crippen molar-refractivity contribution in [2.45, 2.75) is 188 Å². The second-order valence-electron chi connectivity index (χ2n) is 23.1. The van der Waals surface area contributed by atoms with E-state index in [0.717, 1.165) is 30.3 Å². The number of nitrogens with two attached hydrogens (primary N) is 1. The SMILES string of the molecule is CC(C)(C)[Si](C)(C)O[C@@H]1[C@@H]2OP([O-])(=S)OC[C@H]3O[C@@H](n4cnc5c(N)nc(CO)nc54)[C@H](OP(=O)([S-])OC[C@H]2O[C@H]1n1cc2c4c(ncnc41)NCCC2)[C@@H]3O[Si](C)(C)C(C)(C)C.CC[NH+](CC)CC.CC[NH+](CC)CC. The van der Waals surface area contributed by atoms with Crippen molar-refractivity contribution in [3.63, 3.8) is 0 Å². The fourth-order valence-corrected chi connectivity index (χ4v) is 14.7. The van der Waals surface area contributed by atoms with E-state index in [2.05, 4.69) is 121 Å². The Kier molecular flexibility index (Phi) is 21.7. The monoisotopic (exact) mass is 1190 g/mol. The Balaban J connectivity index is 0.000000606. The Morgan fingerprint density at radius 1 is 0.818 bits per heavy atom. The standard InChI is InChI=1S/C37H59N9O11P2S2Si2.2C6H15N/c1-36(2,3)62(7,8)56-27-22-17-51-58(48,60)54-26-21(16-50-59(49,61)55-28(27)34(53-22)46-19-42-25-30(38)43-23(15-47)44-33(25)46)52-35(29(26)57-63(9,10)37(4,5)6)45-14-20-12-11-13-39-31-24(20)32(45)41-18-40-31;2*1-4-7(5-2)6-3/h14,18-19,21-22,26-29,34-35,47H,11-13,15-17H2,1-10H3,(H,48,60)(H,49,61)(H2,38,43,44)(H,39,40,41);2*4-6H2,1-3H3/t21-,22-,26-,27-,28-,29-,34-,35-,58?,59?;;/m1../s1. The van der Waals surface area contributed by atoms with E-state index in [4.69, 9.17) is 71.2 Å². The van der Waals surface area contributed by atoms with Crippen molar-refractivity contribution in [1.29, 1.82) is 0 Å². The van der Waals surface area contributed by atoms with Gasteiger partial charge in [-0.05, 0) is 96.2 Å². The minimum Gasteiger partial charge on any atom is -0.780 e. The van der Waals surface area contributed by atoms with Gasteiger partial charge in [-0.15, -0.1) is 0 Å². The predicted octanol–water partition coefficient (Wildman–Crippen LogP) is 5.20. The third-order valence-corrected chi connectivity index (χ3v) is 28.2. The second kappa shape index (κ2) is 26.0. The summed E-state index contributed by atoms with van der Waals surface area (Å²) in [6, 6.07) is 0. The number of nitrogens with one attached hydrogen (secondary N) is 3. The summed E-state index contributed by atoms with van der Waals surface area (Å²) in [4.78, 5) is 40.3. The highest BCUT2D eigenvalue weighted by molar-refractivity contribution is 8.32. The molecule has 4 aliphatic heterocycles. The average molecular weight is 1190 g/mol. The molecule has 28 heteroatoms. The molecule has 6 N–H and O–H groups in total. The van der Waals surface area contributed by atoms with Gasteiger partial charge in [0, 0.05) is 12.7 Å². The highest BCUT2D eigenvalue weighted by Crippen LogP contribution is 2.56. The van der Waals surface area contributed by atoms with Crippen molar-refractivity contribution in [2.24, 2.45) is 0 Å². The van der Waals surface area contributed by atoms with Crippen LogP contribution >= 0.6 is 13.5 Å². The molecule has 0 aromatic carbocycles. The van der Waals surface area contributed by atoms with Gasteiger partial charge in [-0.1, -0.05) is 53.3 Å². The van der Waals surface area contributed by atoms with E-state index in [1.54, 1.807) is 9.80 Å². The van der Waals surface area contributed by atoms with Gasteiger partial charge in [0.15, 0.2) is 46.4 Å². The average Bonchev–Trinajstić information content (AvgIpc) is 4.08. The number of fused-ring (bicyclic) bond motifs is 4. The van der Waals surface area contributed by atoms with E-state index in [1.165, 1.54) is 56.5 Å². The van der Waals surface area contributed by atoms with Crippen LogP contribution in [-0.2, 0) is 78.1 Å². The van der Waals surface area contributed by atoms with Gasteiger partial charge >= 0.3 is 0 Å². The van der Waals surface area contributed by atoms with Crippen LogP contribution in [0.5, 0.6) is 0 Å². The van der Waals surface area contributed by atoms with Crippen LogP contribution in [-0.4, -0.2) is 151 Å². The van der Waals surface area contributed by atoms with Gasteiger partial charge in [0.25, 0.3) is 0 Å². The molecule has 2 unspecified atom stereocenters. The summed E-state index contributed by atoms with van der Waals surface area (Å²) in [5, 5.41) is 13.6. The zero-order chi connectivity index (χ0) is 57.1. The Labute approximate surface area is 468 Å². The normalized spacial score (nSPS) is 28.4. The maximum absolute atomic E-state index is 14.7. The van der Waals surface area contributed by atoms with Crippen LogP contribution in [0.4, 0.5) is 11.6 Å². The molecule has 0 radical (unpaired) electrons. The summed E-state index contributed by atoms with van der Waals surface area (Å²) >= 11 is 11.4. The zero-order valence-corrected chi connectivity index (χ0v) is 53.7. The van der Waals surface area contributed by atoms with Crippen LogP contribution in [0.3, 0.4) is 0 Å². The minimum atomic E-state index is -4.50. The number of imidazole rings is 1. The maximum atomic E-state index is 14.7. The molecule has 4 aliphatic rings. The largest absolute Gasteiger partial charge is 0.780 e. The highest BCUT2D eigenvalue weighted by Gasteiger charge is 2.56. The molecule has 3 fully saturated rings. The van der Waals surface area contributed by atoms with Crippen molar-refractivity contribution < 1.29 is 60.8 Å². The van der Waals surface area contributed by atoms with Crippen molar-refractivity contribution in [3.05, 3.63) is 30.2 Å². The number of hydrogen-bond donors (Lipinski definition) is 5. The number of nitrogens with zero attached hydrogens (tertiary/aromatic N) is 7. The lowest BCUT2D eigenvalue weighted by Gasteiger charge is -2.42. The first-order chi connectivity index (χ1) is 36.0. The van der Waals surface area contributed by atoms with Crippen LogP contribution in [0.2, 0.25) is 36.3 Å². The first-order valence-electron chi connectivity index (χ1n) is 27.3. The van der Waals surface area contributed by atoms with Crippen molar-refractivity contribution >= 4 is 88.0 Å². The number of ether oxygens (including phenoxy) is 2. The molecular formula is C49H89N11O11P2S2Si2. The number of aliphatic hydroxyl groups excluding tert-OH is 1. The third-order valence-electron chi connectivity index (χ3n) is 16.1. The van der Waals surface area contributed by atoms with E-state index in [9.17, 15) is 14.6 Å². The Bertz CT molecular complexity index is 2670. The van der Waals surface area contributed by atoms with Gasteiger partial charge in [-0.2, -0.15) is 0 Å². The molecule has 436 valence electrons. The quantitative estimate of drug-likeness (QED) is 0.0655. The van der Waals surface area contributed by atoms with Crippen LogP contribution in [0.15, 0.2) is 18.9 Å². The van der Waals surface area contributed by atoms with Crippen LogP contribution in [0, 0.1) is 0 Å². The Morgan fingerprint density at radius 2 is 1.39 bits per heavy atom. The number of hydrogen-bond acceptors (Lipinski definition) is 20. The molecule has 4 aromatic heterocycles. The third kappa shape index (κ3) is 15.0. The molecule has 0 saturated carbocycles. The van der Waals surface area contributed by atoms with E-state index < -0.39 is 99.1 Å². The lowest BCUT2D eigenvalue weighted by Crippen LogP contribution is -3.11. The Morgan fingerprint density at radius 3 is 1.95 bits per heavy atom. The number of aryl methyl sites for hydroxylation is 1. The molecule has 0 spiro atoms. The molecule has 4 aromatic rings. The summed E-state index contributed by atoms with van der Waals surface area (Å²) in [6.45, 7) is 32.2. The van der Waals surface area contributed by atoms with E-state index in [1.807, 2.05) is 23.9 Å². The molecule has 0 amide bonds. The molecule has 2 bridgehead atoms. The fraction of sp³-hybridized carbons (Fsp3) is 0.776. The second-order valence-corrected chi connectivity index (χ2v) is 38.0. The van der Waals surface area contributed by atoms with Gasteiger partial charge in [0.1, 0.15) is 73.3 Å². The van der Waals surface area contributed by atoms with Crippen LogP contribution in [0.1, 0.15) is 113 Å². The Hall–Kier alpha value is -2.05. The van der Waals surface area contributed by atoms with Gasteiger partial charge < -0.3 is 84.1 Å². The molecule has 10 atom stereocenters. The summed E-state index contributed by atoms with van der Waals surface area (Å²) in [5.41, 5.74) is 8.24. The maximum Gasteiger partial charge on any atom is 0.200 e. The number of aromatic nitrogens is 7. The molecule has 0 aliphatic carbocycles. The van der Waals surface area contributed by atoms with Crippen LogP contribution < -0.4 is 25.7 Å². The van der Waals surface area contributed by atoms with Gasteiger partial charge in [0.05, 0.1) is 64.2 Å². The molecule has 8 heterocycles. The summed E-state index contributed by atoms with van der Waals surface area (Å²) in [7, 11) is -5.36. The van der Waals surface area contributed by atoms with Gasteiger partial charge in [-0.25, -0.2) is 24.9 Å². The van der Waals surface area contributed by atoms with E-state index in [0.29, 0.717) is 11.5 Å². The summed E-state index contributed by atoms with van der Waals surface area (Å²) in [5.74, 6) is 0.764. The molecular weight excluding hydrogens is 1100 g/mol. The topological polar surface area (TPSA) is 255 Å². The number of aliphatic hydroxyl groups is 1. The van der Waals surface area contributed by atoms with E-state index in [-0.39, 0.29) is 32.9 Å². The minimum absolute atomic E-state index is 0.0213. The first kappa shape index (κ1) is 64.1. The smallest absolute Gasteiger partial charge is 0.200 e.